The smallest absolute Gasteiger partial charge is 0.387 e. The molecule has 1 aliphatic heterocycles. The molecule has 0 bridgehead atoms. The van der Waals surface area contributed by atoms with Crippen molar-refractivity contribution in [3.63, 3.8) is 0 Å². The number of halogens is 2. The summed E-state index contributed by atoms with van der Waals surface area (Å²) in [4.78, 5) is 12.2. The van der Waals surface area contributed by atoms with Gasteiger partial charge in [-0.05, 0) is 29.8 Å². The number of hydrogen-bond donors (Lipinski definition) is 1. The topological polar surface area (TPSA) is 69.3 Å². The summed E-state index contributed by atoms with van der Waals surface area (Å²) < 4.78 is 36.4. The normalized spacial score (nSPS) is 16.4. The highest BCUT2D eigenvalue weighted by Gasteiger charge is 2.30. The second kappa shape index (κ2) is 6.62. The van der Waals surface area contributed by atoms with Crippen LogP contribution in [-0.4, -0.2) is 22.3 Å². The Morgan fingerprint density at radius 3 is 3.00 bits per heavy atom. The van der Waals surface area contributed by atoms with Gasteiger partial charge in [-0.2, -0.15) is 13.9 Å². The molecule has 1 amide bonds. The second-order valence-corrected chi connectivity index (χ2v) is 5.94. The largest absolute Gasteiger partial charge is 0.467 e. The van der Waals surface area contributed by atoms with E-state index < -0.39 is 6.61 Å². The molecular formula is C18H15F2N3O3. The highest BCUT2D eigenvalue weighted by molar-refractivity contribution is 5.94. The van der Waals surface area contributed by atoms with Crippen LogP contribution in [0.3, 0.4) is 0 Å². The fourth-order valence-corrected chi connectivity index (χ4v) is 3.14. The van der Waals surface area contributed by atoms with E-state index >= 15 is 0 Å². The minimum atomic E-state index is -2.90. The number of carbonyl (C=O) groups is 1. The number of alkyl halides is 2. The monoisotopic (exact) mass is 359 g/mol. The van der Waals surface area contributed by atoms with Crippen LogP contribution in [-0.2, 0) is 11.3 Å². The van der Waals surface area contributed by atoms with Crippen LogP contribution in [0.5, 0.6) is 5.75 Å². The Labute approximate surface area is 147 Å². The Hall–Kier alpha value is -3.16. The molecule has 1 aromatic carbocycles. The minimum absolute atomic E-state index is 0.0630. The standard InChI is InChI=1S/C18H15F2N3O3/c19-18(20)26-12-4-1-3-11(7-12)14-8-16(24)22-17-15(14)9-21-23(17)10-13-5-2-6-25-13/h1-7,9,14,18H,8,10H2,(H,22,24)/t14-/m1/s1. The number of carbonyl (C=O) groups excluding carboxylic acids is 1. The van der Waals surface area contributed by atoms with Crippen molar-refractivity contribution in [3.05, 3.63) is 65.7 Å². The molecule has 4 rings (SSSR count). The molecule has 1 N–H and O–H groups in total. The molecule has 3 heterocycles. The van der Waals surface area contributed by atoms with Gasteiger partial charge in [0.15, 0.2) is 0 Å². The number of nitrogens with one attached hydrogen (secondary N) is 1. The third-order valence-electron chi connectivity index (χ3n) is 4.26. The number of furan rings is 1. The molecule has 0 aliphatic carbocycles. The highest BCUT2D eigenvalue weighted by Crippen LogP contribution is 2.38. The maximum absolute atomic E-state index is 12.5. The summed E-state index contributed by atoms with van der Waals surface area (Å²) in [7, 11) is 0. The van der Waals surface area contributed by atoms with Gasteiger partial charge in [0.05, 0.1) is 12.5 Å². The van der Waals surface area contributed by atoms with Gasteiger partial charge in [0.1, 0.15) is 23.9 Å². The third kappa shape index (κ3) is 3.17. The minimum Gasteiger partial charge on any atom is -0.467 e. The maximum Gasteiger partial charge on any atom is 0.387 e. The summed E-state index contributed by atoms with van der Waals surface area (Å²) in [6, 6.07) is 10.0. The Bertz CT molecular complexity index is 922. The fourth-order valence-electron chi connectivity index (χ4n) is 3.14. The fraction of sp³-hybridized carbons (Fsp3) is 0.222. The van der Waals surface area contributed by atoms with Crippen molar-refractivity contribution in [2.45, 2.75) is 25.5 Å². The molecule has 8 heteroatoms. The van der Waals surface area contributed by atoms with Crippen LogP contribution in [0.15, 0.2) is 53.3 Å². The zero-order chi connectivity index (χ0) is 18.1. The number of benzene rings is 1. The van der Waals surface area contributed by atoms with E-state index in [-0.39, 0.29) is 24.0 Å². The number of amides is 1. The number of rotatable bonds is 5. The lowest BCUT2D eigenvalue weighted by atomic mass is 9.87. The summed E-state index contributed by atoms with van der Waals surface area (Å²) in [5.41, 5.74) is 1.54. The van der Waals surface area contributed by atoms with Crippen molar-refractivity contribution < 1.29 is 22.7 Å². The number of anilines is 1. The van der Waals surface area contributed by atoms with Crippen molar-refractivity contribution in [1.82, 2.24) is 9.78 Å². The SMILES string of the molecule is O=C1C[C@H](c2cccc(OC(F)F)c2)c2cnn(Cc3ccco3)c2N1. The lowest BCUT2D eigenvalue weighted by molar-refractivity contribution is -0.116. The number of nitrogens with zero attached hydrogens (tertiary/aromatic N) is 2. The van der Waals surface area contributed by atoms with Gasteiger partial charge in [-0.15, -0.1) is 0 Å². The van der Waals surface area contributed by atoms with Gasteiger partial charge in [-0.25, -0.2) is 4.68 Å². The predicted molar refractivity (Wildman–Crippen MR) is 88.2 cm³/mol. The molecule has 26 heavy (non-hydrogen) atoms. The van der Waals surface area contributed by atoms with Crippen molar-refractivity contribution in [2.24, 2.45) is 0 Å². The molecule has 6 nitrogen and oxygen atoms in total. The number of hydrogen-bond acceptors (Lipinski definition) is 4. The molecule has 0 saturated carbocycles. The van der Waals surface area contributed by atoms with E-state index in [0.717, 1.165) is 11.1 Å². The first-order chi connectivity index (χ1) is 12.6. The molecule has 0 saturated heterocycles. The van der Waals surface area contributed by atoms with Gasteiger partial charge in [-0.1, -0.05) is 12.1 Å². The molecule has 1 aliphatic rings. The van der Waals surface area contributed by atoms with Crippen LogP contribution in [0.1, 0.15) is 29.2 Å². The van der Waals surface area contributed by atoms with Crippen molar-refractivity contribution in [1.29, 1.82) is 0 Å². The molecule has 0 radical (unpaired) electrons. The summed E-state index contributed by atoms with van der Waals surface area (Å²) >= 11 is 0. The van der Waals surface area contributed by atoms with Gasteiger partial charge < -0.3 is 14.5 Å². The van der Waals surface area contributed by atoms with Crippen LogP contribution < -0.4 is 10.1 Å². The molecule has 2 aromatic heterocycles. The average Bonchev–Trinajstić information content (AvgIpc) is 3.25. The Balaban J connectivity index is 1.67. The summed E-state index contributed by atoms with van der Waals surface area (Å²) in [6.07, 6.45) is 3.46. The Morgan fingerprint density at radius 2 is 2.23 bits per heavy atom. The van der Waals surface area contributed by atoms with E-state index in [0.29, 0.717) is 18.1 Å². The van der Waals surface area contributed by atoms with Crippen LogP contribution in [0.2, 0.25) is 0 Å². The van der Waals surface area contributed by atoms with Crippen LogP contribution >= 0.6 is 0 Å². The third-order valence-corrected chi connectivity index (χ3v) is 4.26. The van der Waals surface area contributed by atoms with Crippen LogP contribution in [0.25, 0.3) is 0 Å². The van der Waals surface area contributed by atoms with Gasteiger partial charge in [0, 0.05) is 17.9 Å². The lowest BCUT2D eigenvalue weighted by Gasteiger charge is -2.24. The number of fused-ring (bicyclic) bond motifs is 1. The first kappa shape index (κ1) is 16.3. The summed E-state index contributed by atoms with van der Waals surface area (Å²) in [5.74, 6) is 0.907. The second-order valence-electron chi connectivity index (χ2n) is 5.94. The van der Waals surface area contributed by atoms with E-state index in [4.69, 9.17) is 4.42 Å². The average molecular weight is 359 g/mol. The zero-order valence-electron chi connectivity index (χ0n) is 13.6. The van der Waals surface area contributed by atoms with Gasteiger partial charge in [-0.3, -0.25) is 4.79 Å². The lowest BCUT2D eigenvalue weighted by Crippen LogP contribution is -2.25. The summed E-state index contributed by atoms with van der Waals surface area (Å²) in [6.45, 7) is -2.52. The van der Waals surface area contributed by atoms with E-state index in [1.807, 2.05) is 6.07 Å². The van der Waals surface area contributed by atoms with E-state index in [1.54, 1.807) is 35.3 Å². The molecule has 134 valence electrons. The van der Waals surface area contributed by atoms with Gasteiger partial charge in [0.25, 0.3) is 0 Å². The summed E-state index contributed by atoms with van der Waals surface area (Å²) in [5, 5.41) is 7.18. The Kier molecular flexibility index (Phi) is 4.16. The number of ether oxygens (including phenoxy) is 1. The quantitative estimate of drug-likeness (QED) is 0.756. The van der Waals surface area contributed by atoms with Gasteiger partial charge >= 0.3 is 6.61 Å². The van der Waals surface area contributed by atoms with Crippen molar-refractivity contribution >= 4 is 11.7 Å². The molecule has 0 unspecified atom stereocenters. The van der Waals surface area contributed by atoms with E-state index in [2.05, 4.69) is 15.2 Å². The molecule has 0 spiro atoms. The molecule has 1 atom stereocenters. The maximum atomic E-state index is 12.5. The van der Waals surface area contributed by atoms with Crippen molar-refractivity contribution in [3.8, 4) is 5.75 Å². The highest BCUT2D eigenvalue weighted by atomic mass is 19.3. The van der Waals surface area contributed by atoms with Crippen LogP contribution in [0.4, 0.5) is 14.6 Å². The predicted octanol–water partition coefficient (Wildman–Crippen LogP) is 3.60. The Morgan fingerprint density at radius 1 is 1.35 bits per heavy atom. The van der Waals surface area contributed by atoms with E-state index in [9.17, 15) is 13.6 Å². The molecule has 3 aromatic rings. The van der Waals surface area contributed by atoms with Crippen molar-refractivity contribution in [2.75, 3.05) is 5.32 Å². The van der Waals surface area contributed by atoms with Crippen LogP contribution in [0, 0.1) is 0 Å². The number of aromatic nitrogens is 2. The molecule has 0 fully saturated rings. The van der Waals surface area contributed by atoms with E-state index in [1.165, 1.54) is 12.1 Å². The first-order valence-electron chi connectivity index (χ1n) is 8.03. The zero-order valence-corrected chi connectivity index (χ0v) is 13.6. The first-order valence-corrected chi connectivity index (χ1v) is 8.03. The van der Waals surface area contributed by atoms with Gasteiger partial charge in [0.2, 0.25) is 5.91 Å². The molecular weight excluding hydrogens is 344 g/mol.